The molecule has 0 fully saturated rings. The number of hydrogen-bond acceptors (Lipinski definition) is 10. The van der Waals surface area contributed by atoms with Crippen LogP contribution in [-0.4, -0.2) is 80.7 Å². The molecule has 0 bridgehead atoms. The summed E-state index contributed by atoms with van der Waals surface area (Å²) in [5.74, 6) is -0.505. The van der Waals surface area contributed by atoms with Gasteiger partial charge < -0.3 is 40.3 Å². The third kappa shape index (κ3) is 5.57. The topological polar surface area (TPSA) is 157 Å². The fraction of sp³-hybridized carbons (Fsp3) is 0.364. The van der Waals surface area contributed by atoms with Crippen LogP contribution in [0.15, 0.2) is 30.6 Å². The lowest BCUT2D eigenvalue weighted by Crippen LogP contribution is -2.48. The Labute approximate surface area is 209 Å². The molecule has 0 aliphatic rings. The van der Waals surface area contributed by atoms with E-state index < -0.39 is 42.9 Å². The maximum absolute atomic E-state index is 14.5. The summed E-state index contributed by atoms with van der Waals surface area (Å²) in [7, 11) is 2.53. The number of hydrogen-bond donors (Lipinski definition) is 6. The van der Waals surface area contributed by atoms with Crippen molar-refractivity contribution in [2.75, 3.05) is 26.1 Å². The number of halogens is 3. The third-order valence-corrected chi connectivity index (χ3v) is 6.26. The zero-order chi connectivity index (χ0) is 25.9. The highest BCUT2D eigenvalue weighted by atomic mass is 35.5. The maximum atomic E-state index is 14.5. The van der Waals surface area contributed by atoms with E-state index in [1.807, 2.05) is 0 Å². The molecule has 3 rings (SSSR count). The van der Waals surface area contributed by atoms with Crippen molar-refractivity contribution in [3.8, 4) is 5.75 Å². The predicted molar refractivity (Wildman–Crippen MR) is 127 cm³/mol. The number of rotatable bonds is 10. The molecule has 0 radical (unpaired) electrons. The monoisotopic (exact) mass is 531 g/mol. The first-order valence-corrected chi connectivity index (χ1v) is 11.0. The summed E-state index contributed by atoms with van der Waals surface area (Å²) in [5, 5.41) is 54.0. The minimum absolute atomic E-state index is 0.00610. The Morgan fingerprint density at radius 1 is 1.03 bits per heavy atom. The largest absolute Gasteiger partial charge is 0.496 e. The van der Waals surface area contributed by atoms with Crippen LogP contribution in [0.25, 0.3) is 10.9 Å². The smallest absolute Gasteiger partial charge is 0.166 e. The van der Waals surface area contributed by atoms with E-state index in [1.54, 1.807) is 0 Å². The van der Waals surface area contributed by atoms with Crippen molar-refractivity contribution in [2.45, 2.75) is 30.5 Å². The molecule has 1 heterocycles. The van der Waals surface area contributed by atoms with Crippen LogP contribution in [0.2, 0.25) is 10.0 Å². The van der Waals surface area contributed by atoms with Gasteiger partial charge in [0.1, 0.15) is 48.4 Å². The Balaban J connectivity index is 1.98. The highest BCUT2D eigenvalue weighted by molar-refractivity contribution is 6.42. The second-order valence-electron chi connectivity index (χ2n) is 7.55. The first-order chi connectivity index (χ1) is 16.6. The minimum Gasteiger partial charge on any atom is -0.496 e. The zero-order valence-electron chi connectivity index (χ0n) is 18.6. The van der Waals surface area contributed by atoms with Crippen molar-refractivity contribution in [2.24, 2.45) is 0 Å². The van der Waals surface area contributed by atoms with Crippen LogP contribution in [-0.2, 0) is 4.74 Å². The van der Waals surface area contributed by atoms with Gasteiger partial charge in [-0.1, -0.05) is 23.2 Å². The molecular formula is C22H24Cl2FN3O7. The predicted octanol–water partition coefficient (Wildman–Crippen LogP) is 1.95. The molecule has 3 aromatic rings. The van der Waals surface area contributed by atoms with E-state index in [9.17, 15) is 29.9 Å². The summed E-state index contributed by atoms with van der Waals surface area (Å²) in [6.45, 7) is -0.622. The van der Waals surface area contributed by atoms with Crippen LogP contribution < -0.4 is 10.1 Å². The number of aromatic nitrogens is 2. The van der Waals surface area contributed by atoms with Gasteiger partial charge in [-0.2, -0.15) is 0 Å². The van der Waals surface area contributed by atoms with Crippen molar-refractivity contribution in [3.05, 3.63) is 52.0 Å². The average Bonchev–Trinajstić information content (AvgIpc) is 2.87. The molecule has 0 aliphatic heterocycles. The molecule has 5 atom stereocenters. The van der Waals surface area contributed by atoms with Gasteiger partial charge in [0.05, 0.1) is 35.0 Å². The van der Waals surface area contributed by atoms with Crippen LogP contribution in [0.1, 0.15) is 11.7 Å². The second kappa shape index (κ2) is 11.6. The van der Waals surface area contributed by atoms with Crippen LogP contribution >= 0.6 is 23.2 Å². The summed E-state index contributed by atoms with van der Waals surface area (Å²) in [6, 6.07) is 5.64. The van der Waals surface area contributed by atoms with Gasteiger partial charge >= 0.3 is 0 Å². The minimum atomic E-state index is -1.88. The van der Waals surface area contributed by atoms with Crippen molar-refractivity contribution < 1.29 is 39.4 Å². The lowest BCUT2D eigenvalue weighted by molar-refractivity contribution is -0.148. The Bertz CT molecular complexity index is 1190. The number of fused-ring (bicyclic) bond motifs is 1. The van der Waals surface area contributed by atoms with Crippen LogP contribution in [0.4, 0.5) is 15.9 Å². The Morgan fingerprint density at radius 3 is 2.37 bits per heavy atom. The molecule has 0 spiro atoms. The Hall–Kier alpha value is -2.35. The summed E-state index contributed by atoms with van der Waals surface area (Å²) < 4.78 is 24.7. The number of anilines is 2. The van der Waals surface area contributed by atoms with Crippen LogP contribution in [0, 0.1) is 5.82 Å². The van der Waals surface area contributed by atoms with E-state index in [0.29, 0.717) is 5.39 Å². The number of nitrogens with one attached hydrogen (secondary N) is 1. The van der Waals surface area contributed by atoms with Gasteiger partial charge in [-0.05, 0) is 24.3 Å². The summed E-state index contributed by atoms with van der Waals surface area (Å²) >= 11 is 11.7. The van der Waals surface area contributed by atoms with Crippen molar-refractivity contribution >= 4 is 45.6 Å². The molecule has 1 unspecified atom stereocenters. The number of methoxy groups -OCH3 is 2. The lowest BCUT2D eigenvalue weighted by atomic mass is 9.94. The molecule has 35 heavy (non-hydrogen) atoms. The highest BCUT2D eigenvalue weighted by Gasteiger charge is 2.36. The average molecular weight is 532 g/mol. The van der Waals surface area contributed by atoms with Gasteiger partial charge in [-0.3, -0.25) is 0 Å². The SMILES string of the molecule is COc1cc2c(Nc3ccc(Cl)c(Cl)c3F)ncnc2cc1C(O)[C@H](O)[C@@H](O)[C@H](O)[C@H](CO)OC. The lowest BCUT2D eigenvalue weighted by Gasteiger charge is -2.30. The number of aliphatic hydroxyl groups excluding tert-OH is 5. The van der Waals surface area contributed by atoms with Gasteiger partial charge in [-0.25, -0.2) is 14.4 Å². The molecule has 0 saturated heterocycles. The first-order valence-electron chi connectivity index (χ1n) is 10.2. The molecular weight excluding hydrogens is 508 g/mol. The number of aliphatic hydroxyl groups is 5. The number of nitrogens with zero attached hydrogens (tertiary/aromatic N) is 2. The second-order valence-corrected chi connectivity index (χ2v) is 8.34. The normalized spacial score (nSPS) is 15.9. The van der Waals surface area contributed by atoms with Crippen LogP contribution in [0.3, 0.4) is 0 Å². The van der Waals surface area contributed by atoms with Gasteiger partial charge in [0.15, 0.2) is 5.82 Å². The van der Waals surface area contributed by atoms with Gasteiger partial charge in [0, 0.05) is 18.1 Å². The van der Waals surface area contributed by atoms with E-state index in [0.717, 1.165) is 0 Å². The summed E-state index contributed by atoms with van der Waals surface area (Å²) in [5.41, 5.74) is 0.332. The third-order valence-electron chi connectivity index (χ3n) is 5.48. The van der Waals surface area contributed by atoms with E-state index in [1.165, 1.54) is 44.8 Å². The number of ether oxygens (including phenoxy) is 2. The summed E-state index contributed by atoms with van der Waals surface area (Å²) in [4.78, 5) is 8.27. The van der Waals surface area contributed by atoms with Gasteiger partial charge in [0.2, 0.25) is 0 Å². The van der Waals surface area contributed by atoms with E-state index in [4.69, 9.17) is 32.7 Å². The molecule has 0 saturated carbocycles. The molecule has 0 amide bonds. The molecule has 10 nitrogen and oxygen atoms in total. The number of benzene rings is 2. The van der Waals surface area contributed by atoms with E-state index in [-0.39, 0.29) is 38.4 Å². The van der Waals surface area contributed by atoms with Crippen molar-refractivity contribution in [3.63, 3.8) is 0 Å². The quantitative estimate of drug-likeness (QED) is 0.213. The van der Waals surface area contributed by atoms with Gasteiger partial charge in [0.25, 0.3) is 0 Å². The molecule has 6 N–H and O–H groups in total. The fourth-order valence-electron chi connectivity index (χ4n) is 3.47. The molecule has 1 aromatic heterocycles. The molecule has 0 aliphatic carbocycles. The Kier molecular flexibility index (Phi) is 9.02. The maximum Gasteiger partial charge on any atom is 0.166 e. The Morgan fingerprint density at radius 2 is 1.74 bits per heavy atom. The molecule has 13 heteroatoms. The van der Waals surface area contributed by atoms with Crippen LogP contribution in [0.5, 0.6) is 5.75 Å². The zero-order valence-corrected chi connectivity index (χ0v) is 20.1. The summed E-state index contributed by atoms with van der Waals surface area (Å²) in [6.07, 6.45) is -7.17. The van der Waals surface area contributed by atoms with Gasteiger partial charge in [-0.15, -0.1) is 0 Å². The van der Waals surface area contributed by atoms with Crippen molar-refractivity contribution in [1.82, 2.24) is 9.97 Å². The van der Waals surface area contributed by atoms with Crippen molar-refractivity contribution in [1.29, 1.82) is 0 Å². The van der Waals surface area contributed by atoms with E-state index in [2.05, 4.69) is 15.3 Å². The van der Waals surface area contributed by atoms with E-state index >= 15 is 0 Å². The fourth-order valence-corrected chi connectivity index (χ4v) is 3.78. The highest BCUT2D eigenvalue weighted by Crippen LogP contribution is 2.36. The first kappa shape index (κ1) is 27.2. The molecule has 2 aromatic carbocycles. The molecule has 190 valence electrons. The standard InChI is InChI=1S/C22H24Cl2FN3O7/c1-34-14-6-9-13(5-10(14)18(30)20(32)21(33)19(31)15(7-29)35-2)26-8-27-22(9)28-12-4-3-11(23)16(24)17(12)25/h3-6,8,15,18-21,29-33H,7H2,1-2H3,(H,26,27,28)/t15-,18?,19+,20-,21-/m0/s1.